The van der Waals surface area contributed by atoms with Crippen LogP contribution in [0.3, 0.4) is 0 Å². The van der Waals surface area contributed by atoms with Crippen LogP contribution < -0.4 is 9.47 Å². The van der Waals surface area contributed by atoms with E-state index in [-0.39, 0.29) is 30.1 Å². The summed E-state index contributed by atoms with van der Waals surface area (Å²) in [5.41, 5.74) is 2.81. The minimum Gasteiger partial charge on any atom is -0.462 e. The van der Waals surface area contributed by atoms with E-state index in [1.54, 1.807) is 0 Å². The van der Waals surface area contributed by atoms with Crippen LogP contribution in [0, 0.1) is 11.3 Å². The normalized spacial score (nSPS) is 25.0. The van der Waals surface area contributed by atoms with Crippen molar-refractivity contribution in [2.45, 2.75) is 59.5 Å². The first-order chi connectivity index (χ1) is 13.7. The molecule has 0 N–H and O–H groups in total. The molecule has 2 atom stereocenters. The second kappa shape index (κ2) is 7.01. The molecule has 4 rings (SSSR count). The van der Waals surface area contributed by atoms with Crippen molar-refractivity contribution in [2.24, 2.45) is 16.3 Å². The molecule has 154 valence electrons. The second-order valence-corrected chi connectivity index (χ2v) is 9.11. The third-order valence-corrected chi connectivity index (χ3v) is 5.66. The van der Waals surface area contributed by atoms with Gasteiger partial charge in [-0.05, 0) is 50.3 Å². The Morgan fingerprint density at radius 1 is 1.21 bits per heavy atom. The Balaban J connectivity index is 1.85. The zero-order chi connectivity index (χ0) is 20.9. The monoisotopic (exact) mass is 397 g/mol. The number of hydrogen-bond donors (Lipinski definition) is 0. The van der Waals surface area contributed by atoms with Gasteiger partial charge in [0.2, 0.25) is 6.79 Å². The molecular formula is C23H27NO5. The van der Waals surface area contributed by atoms with Gasteiger partial charge in [0.25, 0.3) is 0 Å². The SMILES string of the molecule is CC1=NC2=C(C(=O)CC(C)(C)C2)[C@@H](c2ccc3c(c2)OCO3)C1C(=O)OC(C)C. The van der Waals surface area contributed by atoms with Gasteiger partial charge in [0, 0.05) is 29.3 Å². The number of nitrogens with zero attached hydrogens (tertiary/aromatic N) is 1. The summed E-state index contributed by atoms with van der Waals surface area (Å²) in [7, 11) is 0. The predicted molar refractivity (Wildman–Crippen MR) is 108 cm³/mol. The van der Waals surface area contributed by atoms with Crippen LogP contribution in [-0.4, -0.2) is 30.4 Å². The molecule has 0 spiro atoms. The first-order valence-corrected chi connectivity index (χ1v) is 10.1. The molecule has 1 unspecified atom stereocenters. The quantitative estimate of drug-likeness (QED) is 0.715. The van der Waals surface area contributed by atoms with E-state index in [0.717, 1.165) is 11.3 Å². The van der Waals surface area contributed by atoms with Crippen molar-refractivity contribution in [3.05, 3.63) is 35.0 Å². The maximum atomic E-state index is 13.2. The number of fused-ring (bicyclic) bond motifs is 1. The largest absolute Gasteiger partial charge is 0.462 e. The van der Waals surface area contributed by atoms with Gasteiger partial charge < -0.3 is 14.2 Å². The molecular weight excluding hydrogens is 370 g/mol. The maximum absolute atomic E-state index is 13.2. The molecule has 29 heavy (non-hydrogen) atoms. The van der Waals surface area contributed by atoms with E-state index in [2.05, 4.69) is 13.8 Å². The molecule has 0 amide bonds. The van der Waals surface area contributed by atoms with Crippen LogP contribution in [0.2, 0.25) is 0 Å². The third-order valence-electron chi connectivity index (χ3n) is 5.66. The molecule has 2 heterocycles. The molecule has 6 heteroatoms. The van der Waals surface area contributed by atoms with Gasteiger partial charge in [0.15, 0.2) is 17.3 Å². The van der Waals surface area contributed by atoms with E-state index in [9.17, 15) is 9.59 Å². The van der Waals surface area contributed by atoms with E-state index in [1.807, 2.05) is 39.0 Å². The number of Topliss-reactive ketones (excluding diaryl/α,β-unsaturated/α-hetero) is 1. The van der Waals surface area contributed by atoms with Gasteiger partial charge in [-0.3, -0.25) is 14.6 Å². The van der Waals surface area contributed by atoms with Crippen LogP contribution >= 0.6 is 0 Å². The zero-order valence-corrected chi connectivity index (χ0v) is 17.6. The summed E-state index contributed by atoms with van der Waals surface area (Å²) >= 11 is 0. The number of rotatable bonds is 3. The minimum atomic E-state index is -0.637. The number of ketones is 1. The summed E-state index contributed by atoms with van der Waals surface area (Å²) in [4.78, 5) is 31.0. The van der Waals surface area contributed by atoms with E-state index in [4.69, 9.17) is 19.2 Å². The summed E-state index contributed by atoms with van der Waals surface area (Å²) in [6.07, 6.45) is 0.898. The highest BCUT2D eigenvalue weighted by molar-refractivity contribution is 6.09. The number of benzene rings is 1. The standard InChI is InChI=1S/C23H27NO5/c1-12(2)29-22(26)19-13(3)24-15-9-23(4,5)10-16(25)21(15)20(19)14-6-7-17-18(8-14)28-11-27-17/h6-8,12,19-20H,9-11H2,1-5H3/t19?,20-/m0/s1. The molecule has 0 saturated heterocycles. The molecule has 1 aromatic rings. The molecule has 1 aliphatic carbocycles. The summed E-state index contributed by atoms with van der Waals surface area (Å²) < 4.78 is 16.5. The lowest BCUT2D eigenvalue weighted by Crippen LogP contribution is -2.40. The highest BCUT2D eigenvalue weighted by Gasteiger charge is 2.46. The molecule has 0 fully saturated rings. The van der Waals surface area contributed by atoms with Gasteiger partial charge in [-0.15, -0.1) is 0 Å². The summed E-state index contributed by atoms with van der Waals surface area (Å²) in [5, 5.41) is 0. The van der Waals surface area contributed by atoms with Crippen molar-refractivity contribution < 1.29 is 23.8 Å². The summed E-state index contributed by atoms with van der Waals surface area (Å²) in [6, 6.07) is 5.62. The summed E-state index contributed by atoms with van der Waals surface area (Å²) in [5.74, 6) is -0.0786. The fourth-order valence-electron chi connectivity index (χ4n) is 4.52. The van der Waals surface area contributed by atoms with E-state index >= 15 is 0 Å². The molecule has 0 radical (unpaired) electrons. The van der Waals surface area contributed by atoms with E-state index in [1.165, 1.54) is 0 Å². The van der Waals surface area contributed by atoms with Crippen molar-refractivity contribution >= 4 is 17.5 Å². The van der Waals surface area contributed by atoms with Crippen LogP contribution in [0.25, 0.3) is 0 Å². The number of esters is 1. The molecule has 0 bridgehead atoms. The van der Waals surface area contributed by atoms with Crippen LogP contribution in [0.5, 0.6) is 11.5 Å². The molecule has 1 aromatic carbocycles. The Hall–Kier alpha value is -2.63. The van der Waals surface area contributed by atoms with Gasteiger partial charge in [-0.25, -0.2) is 0 Å². The Morgan fingerprint density at radius 3 is 2.66 bits per heavy atom. The van der Waals surface area contributed by atoms with Crippen molar-refractivity contribution in [1.82, 2.24) is 0 Å². The molecule has 2 aliphatic heterocycles. The van der Waals surface area contributed by atoms with E-state index < -0.39 is 11.8 Å². The maximum Gasteiger partial charge on any atom is 0.315 e. The number of hydrogen-bond acceptors (Lipinski definition) is 6. The van der Waals surface area contributed by atoms with Crippen LogP contribution in [0.1, 0.15) is 58.9 Å². The lowest BCUT2D eigenvalue weighted by atomic mass is 9.67. The van der Waals surface area contributed by atoms with Crippen molar-refractivity contribution in [3.8, 4) is 11.5 Å². The average Bonchev–Trinajstić information content (AvgIpc) is 3.06. The highest BCUT2D eigenvalue weighted by atomic mass is 16.7. The lowest BCUT2D eigenvalue weighted by molar-refractivity contribution is -0.150. The number of ether oxygens (including phenoxy) is 3. The number of carbonyl (C=O) groups excluding carboxylic acids is 2. The minimum absolute atomic E-state index is 0.0533. The van der Waals surface area contributed by atoms with Crippen LogP contribution in [-0.2, 0) is 14.3 Å². The first kappa shape index (κ1) is 19.7. The Labute approximate surface area is 170 Å². The molecule has 0 aromatic heterocycles. The Morgan fingerprint density at radius 2 is 1.93 bits per heavy atom. The first-order valence-electron chi connectivity index (χ1n) is 10.1. The predicted octanol–water partition coefficient (Wildman–Crippen LogP) is 4.18. The summed E-state index contributed by atoms with van der Waals surface area (Å²) in [6.45, 7) is 9.82. The molecule has 0 saturated carbocycles. The van der Waals surface area contributed by atoms with Crippen molar-refractivity contribution in [2.75, 3.05) is 6.79 Å². The van der Waals surface area contributed by atoms with Gasteiger partial charge in [0.05, 0.1) is 6.10 Å². The van der Waals surface area contributed by atoms with E-state index in [0.29, 0.717) is 35.6 Å². The molecule has 3 aliphatic rings. The van der Waals surface area contributed by atoms with Crippen molar-refractivity contribution in [1.29, 1.82) is 0 Å². The van der Waals surface area contributed by atoms with Gasteiger partial charge >= 0.3 is 5.97 Å². The van der Waals surface area contributed by atoms with Gasteiger partial charge in [-0.1, -0.05) is 19.9 Å². The average molecular weight is 397 g/mol. The Kier molecular flexibility index (Phi) is 4.75. The second-order valence-electron chi connectivity index (χ2n) is 9.11. The fraction of sp³-hybridized carbons (Fsp3) is 0.522. The number of aliphatic imine (C=N–C) groups is 1. The van der Waals surface area contributed by atoms with Gasteiger partial charge in [-0.2, -0.15) is 0 Å². The smallest absolute Gasteiger partial charge is 0.315 e. The molecule has 6 nitrogen and oxygen atoms in total. The number of allylic oxidation sites excluding steroid dienone is 2. The fourth-order valence-corrected chi connectivity index (χ4v) is 4.52. The topological polar surface area (TPSA) is 74.2 Å². The van der Waals surface area contributed by atoms with Crippen LogP contribution in [0.15, 0.2) is 34.5 Å². The number of carbonyl (C=O) groups is 2. The van der Waals surface area contributed by atoms with Gasteiger partial charge in [0.1, 0.15) is 5.92 Å². The Bertz CT molecular complexity index is 941. The zero-order valence-electron chi connectivity index (χ0n) is 17.6. The lowest BCUT2D eigenvalue weighted by Gasteiger charge is -2.39. The van der Waals surface area contributed by atoms with Crippen LogP contribution in [0.4, 0.5) is 0 Å². The van der Waals surface area contributed by atoms with Crippen molar-refractivity contribution in [3.63, 3.8) is 0 Å². The highest BCUT2D eigenvalue weighted by Crippen LogP contribution is 2.49. The third kappa shape index (κ3) is 3.56.